The number of sulfonamides is 1. The smallest absolute Gasteiger partial charge is 0.406 e. The number of carbonyl (C=O) groups is 1. The summed E-state index contributed by atoms with van der Waals surface area (Å²) in [6.45, 7) is 0.128. The van der Waals surface area contributed by atoms with Gasteiger partial charge in [-0.15, -0.1) is 24.5 Å². The average Bonchev–Trinajstić information content (AvgIpc) is 3.21. The number of carbonyl (C=O) groups excluding carboxylic acids is 1. The highest BCUT2D eigenvalue weighted by Gasteiger charge is 2.31. The number of amides is 1. The summed E-state index contributed by atoms with van der Waals surface area (Å²) in [4.78, 5) is 13.2. The van der Waals surface area contributed by atoms with E-state index in [0.717, 1.165) is 17.0 Å². The second-order valence-corrected chi connectivity index (χ2v) is 8.76. The number of halogens is 3. The molecule has 0 radical (unpaired) electrons. The highest BCUT2D eigenvalue weighted by Crippen LogP contribution is 2.24. The Bertz CT molecular complexity index is 1110. The van der Waals surface area contributed by atoms with E-state index in [4.69, 9.17) is 0 Å². The van der Waals surface area contributed by atoms with Crippen LogP contribution in [0.1, 0.15) is 15.2 Å². The molecule has 0 fully saturated rings. The molecule has 1 amide bonds. The first kappa shape index (κ1) is 21.8. The van der Waals surface area contributed by atoms with Crippen LogP contribution < -0.4 is 14.8 Å². The van der Waals surface area contributed by atoms with E-state index in [9.17, 15) is 26.4 Å². The number of thiophene rings is 1. The molecule has 2 N–H and O–H groups in total. The Labute approximate surface area is 174 Å². The zero-order valence-electron chi connectivity index (χ0n) is 15.1. The zero-order chi connectivity index (χ0) is 21.8. The monoisotopic (exact) mass is 456 g/mol. The van der Waals surface area contributed by atoms with Gasteiger partial charge in [0.1, 0.15) is 5.75 Å². The van der Waals surface area contributed by atoms with Crippen LogP contribution in [-0.4, -0.2) is 20.7 Å². The van der Waals surface area contributed by atoms with Gasteiger partial charge in [0.2, 0.25) is 10.0 Å². The fourth-order valence-electron chi connectivity index (χ4n) is 2.41. The number of benzene rings is 2. The maximum absolute atomic E-state index is 12.5. The molecule has 0 unspecified atom stereocenters. The van der Waals surface area contributed by atoms with Gasteiger partial charge in [0.15, 0.2) is 0 Å². The maximum Gasteiger partial charge on any atom is 0.573 e. The molecule has 11 heteroatoms. The molecule has 3 rings (SSSR count). The van der Waals surface area contributed by atoms with Crippen molar-refractivity contribution in [2.24, 2.45) is 0 Å². The third kappa shape index (κ3) is 6.05. The van der Waals surface area contributed by atoms with E-state index in [1.54, 1.807) is 12.1 Å². The minimum absolute atomic E-state index is 0.0737. The van der Waals surface area contributed by atoms with Gasteiger partial charge >= 0.3 is 6.36 Å². The van der Waals surface area contributed by atoms with E-state index < -0.39 is 28.0 Å². The van der Waals surface area contributed by atoms with Gasteiger partial charge in [-0.1, -0.05) is 12.1 Å². The predicted molar refractivity (Wildman–Crippen MR) is 106 cm³/mol. The topological polar surface area (TPSA) is 84.5 Å². The molecular formula is C19H15F3N2O4S2. The average molecular weight is 456 g/mol. The second-order valence-electron chi connectivity index (χ2n) is 5.96. The first-order chi connectivity index (χ1) is 14.1. The highest BCUT2D eigenvalue weighted by molar-refractivity contribution is 7.89. The Hall–Kier alpha value is -2.89. The molecule has 0 saturated carbocycles. The van der Waals surface area contributed by atoms with Crippen LogP contribution in [0.2, 0.25) is 0 Å². The Kier molecular flexibility index (Phi) is 6.44. The van der Waals surface area contributed by atoms with Gasteiger partial charge in [0.25, 0.3) is 5.91 Å². The van der Waals surface area contributed by atoms with E-state index in [1.807, 2.05) is 5.38 Å². The minimum Gasteiger partial charge on any atom is -0.406 e. The van der Waals surface area contributed by atoms with Crippen molar-refractivity contribution < 1.29 is 31.1 Å². The summed E-state index contributed by atoms with van der Waals surface area (Å²) in [6, 6.07) is 13.6. The van der Waals surface area contributed by atoms with Gasteiger partial charge in [0.05, 0.1) is 4.90 Å². The molecule has 2 aromatic carbocycles. The third-order valence-corrected chi connectivity index (χ3v) is 6.04. The van der Waals surface area contributed by atoms with Gasteiger partial charge in [-0.25, -0.2) is 13.1 Å². The zero-order valence-corrected chi connectivity index (χ0v) is 16.8. The lowest BCUT2D eigenvalue weighted by Crippen LogP contribution is -2.23. The van der Waals surface area contributed by atoms with Crippen LogP contribution in [0, 0.1) is 0 Å². The molecule has 158 valence electrons. The first-order valence-electron chi connectivity index (χ1n) is 8.42. The predicted octanol–water partition coefficient (Wildman–Crippen LogP) is 4.38. The number of hydrogen-bond donors (Lipinski definition) is 2. The summed E-state index contributed by atoms with van der Waals surface area (Å²) in [7, 11) is -3.83. The van der Waals surface area contributed by atoms with Crippen LogP contribution in [0.3, 0.4) is 0 Å². The molecule has 0 atom stereocenters. The molecule has 0 aliphatic carbocycles. The maximum atomic E-state index is 12.5. The van der Waals surface area contributed by atoms with E-state index in [-0.39, 0.29) is 22.7 Å². The van der Waals surface area contributed by atoms with E-state index in [2.05, 4.69) is 14.8 Å². The lowest BCUT2D eigenvalue weighted by atomic mass is 10.2. The Balaban J connectivity index is 1.68. The Morgan fingerprint density at radius 3 is 2.40 bits per heavy atom. The summed E-state index contributed by atoms with van der Waals surface area (Å²) in [5.74, 6) is -1.04. The molecule has 0 aliphatic heterocycles. The standard InChI is InChI=1S/C19H15F3N2O4S2/c20-19(21,22)28-15-8-6-14(7-9-15)24-18(25)13-3-1-5-17(11-13)30(26,27)23-12-16-4-2-10-29-16/h1-11,23H,12H2,(H,24,25). The van der Waals surface area contributed by atoms with Crippen molar-refractivity contribution in [2.75, 3.05) is 5.32 Å². The molecule has 1 aromatic heterocycles. The number of rotatable bonds is 7. The number of alkyl halides is 3. The van der Waals surface area contributed by atoms with Gasteiger partial charge in [-0.05, 0) is 53.9 Å². The van der Waals surface area contributed by atoms with E-state index in [1.165, 1.54) is 47.7 Å². The molecule has 30 heavy (non-hydrogen) atoms. The fourth-order valence-corrected chi connectivity index (χ4v) is 4.20. The highest BCUT2D eigenvalue weighted by atomic mass is 32.2. The largest absolute Gasteiger partial charge is 0.573 e. The molecule has 0 spiro atoms. The molecule has 0 aliphatic rings. The lowest BCUT2D eigenvalue weighted by Gasteiger charge is -2.10. The minimum atomic E-state index is -4.81. The van der Waals surface area contributed by atoms with Crippen LogP contribution in [0.25, 0.3) is 0 Å². The Morgan fingerprint density at radius 2 is 1.77 bits per heavy atom. The molecule has 0 saturated heterocycles. The molecule has 6 nitrogen and oxygen atoms in total. The number of nitrogens with one attached hydrogen (secondary N) is 2. The SMILES string of the molecule is O=C(Nc1ccc(OC(F)(F)F)cc1)c1cccc(S(=O)(=O)NCc2cccs2)c1. The summed E-state index contributed by atoms with van der Waals surface area (Å²) in [6.07, 6.45) is -4.81. The summed E-state index contributed by atoms with van der Waals surface area (Å²) < 4.78 is 67.8. The second kappa shape index (κ2) is 8.86. The van der Waals surface area contributed by atoms with Crippen LogP contribution >= 0.6 is 11.3 Å². The molecule has 0 bridgehead atoms. The van der Waals surface area contributed by atoms with Crippen LogP contribution in [0.5, 0.6) is 5.75 Å². The van der Waals surface area contributed by atoms with Gasteiger partial charge < -0.3 is 10.1 Å². The fraction of sp³-hybridized carbons (Fsp3) is 0.105. The van der Waals surface area contributed by atoms with Crippen LogP contribution in [-0.2, 0) is 16.6 Å². The summed E-state index contributed by atoms with van der Waals surface area (Å²) in [5.41, 5.74) is 0.295. The van der Waals surface area contributed by atoms with Crippen molar-refractivity contribution in [3.8, 4) is 5.75 Å². The molecule has 1 heterocycles. The van der Waals surface area contributed by atoms with Gasteiger partial charge in [-0.2, -0.15) is 0 Å². The number of ether oxygens (including phenoxy) is 1. The Morgan fingerprint density at radius 1 is 1.03 bits per heavy atom. The van der Waals surface area contributed by atoms with E-state index in [0.29, 0.717) is 0 Å². The van der Waals surface area contributed by atoms with Crippen LogP contribution in [0.15, 0.2) is 70.9 Å². The lowest BCUT2D eigenvalue weighted by molar-refractivity contribution is -0.274. The third-order valence-electron chi connectivity index (χ3n) is 3.77. The summed E-state index contributed by atoms with van der Waals surface area (Å²) in [5, 5.41) is 4.32. The quantitative estimate of drug-likeness (QED) is 0.553. The van der Waals surface area contributed by atoms with Crippen molar-refractivity contribution in [3.05, 3.63) is 76.5 Å². The normalized spacial score (nSPS) is 11.8. The number of hydrogen-bond acceptors (Lipinski definition) is 5. The van der Waals surface area contributed by atoms with Crippen molar-refractivity contribution >= 4 is 33.0 Å². The molecular weight excluding hydrogens is 441 g/mol. The van der Waals surface area contributed by atoms with Crippen LogP contribution in [0.4, 0.5) is 18.9 Å². The first-order valence-corrected chi connectivity index (χ1v) is 10.8. The van der Waals surface area contributed by atoms with Gasteiger partial charge in [-0.3, -0.25) is 4.79 Å². The van der Waals surface area contributed by atoms with Crippen molar-refractivity contribution in [3.63, 3.8) is 0 Å². The van der Waals surface area contributed by atoms with Crippen molar-refractivity contribution in [1.82, 2.24) is 4.72 Å². The molecule has 3 aromatic rings. The van der Waals surface area contributed by atoms with Crippen molar-refractivity contribution in [1.29, 1.82) is 0 Å². The van der Waals surface area contributed by atoms with E-state index >= 15 is 0 Å². The number of anilines is 1. The van der Waals surface area contributed by atoms with Crippen molar-refractivity contribution in [2.45, 2.75) is 17.8 Å². The summed E-state index contributed by atoms with van der Waals surface area (Å²) >= 11 is 1.41. The van der Waals surface area contributed by atoms with Gasteiger partial charge in [0, 0.05) is 22.7 Å².